The first-order chi connectivity index (χ1) is 7.76. The largest absolute Gasteiger partial charge is 0.396 e. The fourth-order valence-electron chi connectivity index (χ4n) is 2.75. The van der Waals surface area contributed by atoms with Crippen LogP contribution in [0.15, 0.2) is 0 Å². The molecule has 4 nitrogen and oxygen atoms in total. The second kappa shape index (κ2) is 5.15. The molecule has 1 N–H and O–H groups in total. The topological polar surface area (TPSA) is 49.8 Å². The maximum absolute atomic E-state index is 12.2. The lowest BCUT2D eigenvalue weighted by Gasteiger charge is -2.23. The molecule has 2 heterocycles. The van der Waals surface area contributed by atoms with Crippen molar-refractivity contribution in [2.45, 2.75) is 32.3 Å². The average Bonchev–Trinajstić information content (AvgIpc) is 2.96. The lowest BCUT2D eigenvalue weighted by molar-refractivity contribution is -0.136. The molecule has 2 aliphatic heterocycles. The number of aliphatic hydroxyl groups is 1. The number of hydrogen-bond acceptors (Lipinski definition) is 3. The van der Waals surface area contributed by atoms with E-state index in [4.69, 9.17) is 9.84 Å². The molecule has 2 fully saturated rings. The summed E-state index contributed by atoms with van der Waals surface area (Å²) in [4.78, 5) is 14.1. The van der Waals surface area contributed by atoms with Crippen molar-refractivity contribution >= 4 is 5.91 Å². The summed E-state index contributed by atoms with van der Waals surface area (Å²) in [6, 6.07) is 0. The van der Waals surface area contributed by atoms with Crippen molar-refractivity contribution < 1.29 is 14.6 Å². The standard InChI is InChI=1S/C12H21NO3/c1-2-11-10(4-6-16-11)12(15)13-5-3-9(7-13)8-14/h9-11,14H,2-8H2,1H3. The molecular formula is C12H21NO3. The van der Waals surface area contributed by atoms with Crippen LogP contribution in [0.5, 0.6) is 0 Å². The molecule has 2 rings (SSSR count). The lowest BCUT2D eigenvalue weighted by atomic mass is 9.98. The van der Waals surface area contributed by atoms with Crippen LogP contribution in [0.2, 0.25) is 0 Å². The third-order valence-corrected chi connectivity index (χ3v) is 3.78. The lowest BCUT2D eigenvalue weighted by Crippen LogP contribution is -2.38. The van der Waals surface area contributed by atoms with E-state index >= 15 is 0 Å². The Morgan fingerprint density at radius 3 is 2.94 bits per heavy atom. The normalized spacial score (nSPS) is 34.6. The number of aliphatic hydroxyl groups excluding tert-OH is 1. The predicted molar refractivity (Wildman–Crippen MR) is 59.9 cm³/mol. The molecule has 0 radical (unpaired) electrons. The van der Waals surface area contributed by atoms with Crippen LogP contribution in [0.1, 0.15) is 26.2 Å². The SMILES string of the molecule is CCC1OCCC1C(=O)N1CCC(CO)C1. The molecule has 1 amide bonds. The number of hydrogen-bond donors (Lipinski definition) is 1. The van der Waals surface area contributed by atoms with Crippen molar-refractivity contribution in [3.63, 3.8) is 0 Å². The van der Waals surface area contributed by atoms with E-state index in [0.29, 0.717) is 6.61 Å². The quantitative estimate of drug-likeness (QED) is 0.770. The minimum absolute atomic E-state index is 0.0578. The van der Waals surface area contributed by atoms with Gasteiger partial charge in [-0.25, -0.2) is 0 Å². The third-order valence-electron chi connectivity index (χ3n) is 3.78. The van der Waals surface area contributed by atoms with E-state index in [0.717, 1.165) is 32.4 Å². The van der Waals surface area contributed by atoms with E-state index in [-0.39, 0.29) is 30.5 Å². The van der Waals surface area contributed by atoms with Crippen LogP contribution in [0.4, 0.5) is 0 Å². The Labute approximate surface area is 96.6 Å². The van der Waals surface area contributed by atoms with Gasteiger partial charge in [0.15, 0.2) is 0 Å². The summed E-state index contributed by atoms with van der Waals surface area (Å²) in [6.07, 6.45) is 2.82. The van der Waals surface area contributed by atoms with Crippen LogP contribution in [-0.4, -0.2) is 48.3 Å². The zero-order valence-electron chi connectivity index (χ0n) is 9.89. The number of rotatable bonds is 3. The van der Waals surface area contributed by atoms with Crippen LogP contribution in [0.25, 0.3) is 0 Å². The smallest absolute Gasteiger partial charge is 0.228 e. The molecule has 16 heavy (non-hydrogen) atoms. The summed E-state index contributed by atoms with van der Waals surface area (Å²) in [5.74, 6) is 0.578. The first-order valence-corrected chi connectivity index (χ1v) is 6.27. The van der Waals surface area contributed by atoms with Gasteiger partial charge < -0.3 is 14.7 Å². The number of carbonyl (C=O) groups is 1. The van der Waals surface area contributed by atoms with Gasteiger partial charge in [-0.05, 0) is 19.3 Å². The fourth-order valence-corrected chi connectivity index (χ4v) is 2.75. The Kier molecular flexibility index (Phi) is 3.82. The van der Waals surface area contributed by atoms with Crippen LogP contribution in [0.3, 0.4) is 0 Å². The Balaban J connectivity index is 1.92. The molecule has 4 heteroatoms. The summed E-state index contributed by atoms with van der Waals surface area (Å²) < 4.78 is 5.55. The van der Waals surface area contributed by atoms with Crippen LogP contribution in [0, 0.1) is 11.8 Å². The van der Waals surface area contributed by atoms with Gasteiger partial charge in [-0.15, -0.1) is 0 Å². The van der Waals surface area contributed by atoms with Gasteiger partial charge in [0.25, 0.3) is 0 Å². The van der Waals surface area contributed by atoms with Gasteiger partial charge in [0.2, 0.25) is 5.91 Å². The summed E-state index contributed by atoms with van der Waals surface area (Å²) in [7, 11) is 0. The van der Waals surface area contributed by atoms with Gasteiger partial charge >= 0.3 is 0 Å². The van der Waals surface area contributed by atoms with E-state index in [9.17, 15) is 4.79 Å². The highest BCUT2D eigenvalue weighted by Gasteiger charge is 2.37. The van der Waals surface area contributed by atoms with Crippen molar-refractivity contribution in [1.29, 1.82) is 0 Å². The Morgan fingerprint density at radius 1 is 1.50 bits per heavy atom. The highest BCUT2D eigenvalue weighted by molar-refractivity contribution is 5.80. The number of ether oxygens (including phenoxy) is 1. The van der Waals surface area contributed by atoms with E-state index in [2.05, 4.69) is 6.92 Å². The zero-order valence-corrected chi connectivity index (χ0v) is 9.89. The maximum Gasteiger partial charge on any atom is 0.228 e. The second-order valence-corrected chi connectivity index (χ2v) is 4.83. The molecule has 0 spiro atoms. The summed E-state index contributed by atoms with van der Waals surface area (Å²) >= 11 is 0. The van der Waals surface area contributed by atoms with Gasteiger partial charge in [-0.2, -0.15) is 0 Å². The van der Waals surface area contributed by atoms with Crippen molar-refractivity contribution in [3.05, 3.63) is 0 Å². The monoisotopic (exact) mass is 227 g/mol. The Hall–Kier alpha value is -0.610. The molecular weight excluding hydrogens is 206 g/mol. The van der Waals surface area contributed by atoms with Gasteiger partial charge in [-0.3, -0.25) is 4.79 Å². The van der Waals surface area contributed by atoms with Gasteiger partial charge in [-0.1, -0.05) is 6.92 Å². The fraction of sp³-hybridized carbons (Fsp3) is 0.917. The summed E-state index contributed by atoms with van der Waals surface area (Å²) in [5, 5.41) is 9.07. The number of nitrogens with zero attached hydrogens (tertiary/aromatic N) is 1. The highest BCUT2D eigenvalue weighted by Crippen LogP contribution is 2.27. The van der Waals surface area contributed by atoms with E-state index in [1.54, 1.807) is 0 Å². The Morgan fingerprint density at radius 2 is 2.31 bits per heavy atom. The summed E-state index contributed by atoms with van der Waals surface area (Å²) in [5.41, 5.74) is 0. The number of likely N-dealkylation sites (tertiary alicyclic amines) is 1. The van der Waals surface area contributed by atoms with Crippen molar-refractivity contribution in [2.75, 3.05) is 26.3 Å². The summed E-state index contributed by atoms with van der Waals surface area (Å²) in [6.45, 7) is 4.50. The molecule has 0 aromatic heterocycles. The molecule has 92 valence electrons. The minimum atomic E-state index is 0.0578. The molecule has 0 aromatic carbocycles. The molecule has 0 saturated carbocycles. The minimum Gasteiger partial charge on any atom is -0.396 e. The molecule has 2 aliphatic rings. The number of amides is 1. The van der Waals surface area contributed by atoms with E-state index in [1.807, 2.05) is 4.90 Å². The van der Waals surface area contributed by atoms with Crippen LogP contribution >= 0.6 is 0 Å². The van der Waals surface area contributed by atoms with E-state index in [1.165, 1.54) is 0 Å². The Bertz CT molecular complexity index is 257. The average molecular weight is 227 g/mol. The molecule has 0 aliphatic carbocycles. The first-order valence-electron chi connectivity index (χ1n) is 6.27. The number of carbonyl (C=O) groups excluding carboxylic acids is 1. The second-order valence-electron chi connectivity index (χ2n) is 4.83. The van der Waals surface area contributed by atoms with Crippen LogP contribution in [-0.2, 0) is 9.53 Å². The zero-order chi connectivity index (χ0) is 11.5. The van der Waals surface area contributed by atoms with Gasteiger partial charge in [0.1, 0.15) is 0 Å². The predicted octanol–water partition coefficient (Wildman–Crippen LogP) is 0.642. The molecule has 0 aromatic rings. The highest BCUT2D eigenvalue weighted by atomic mass is 16.5. The van der Waals surface area contributed by atoms with Gasteiger partial charge in [0, 0.05) is 32.2 Å². The molecule has 3 unspecified atom stereocenters. The molecule has 3 atom stereocenters. The third kappa shape index (κ3) is 2.23. The first kappa shape index (κ1) is 11.9. The van der Waals surface area contributed by atoms with Gasteiger partial charge in [0.05, 0.1) is 12.0 Å². The van der Waals surface area contributed by atoms with Crippen LogP contribution < -0.4 is 0 Å². The van der Waals surface area contributed by atoms with E-state index < -0.39 is 0 Å². The molecule has 0 bridgehead atoms. The van der Waals surface area contributed by atoms with Crippen molar-refractivity contribution in [1.82, 2.24) is 4.90 Å². The van der Waals surface area contributed by atoms with Crippen molar-refractivity contribution in [2.24, 2.45) is 11.8 Å². The maximum atomic E-state index is 12.2. The van der Waals surface area contributed by atoms with Crippen molar-refractivity contribution in [3.8, 4) is 0 Å². The molecule has 2 saturated heterocycles.